The van der Waals surface area contributed by atoms with Crippen LogP contribution in [0.5, 0.6) is 23.0 Å². The van der Waals surface area contributed by atoms with Crippen molar-refractivity contribution in [1.82, 2.24) is 4.57 Å². The van der Waals surface area contributed by atoms with Crippen LogP contribution in [0.15, 0.2) is 160 Å². The molecule has 0 bridgehead atoms. The van der Waals surface area contributed by atoms with Crippen molar-refractivity contribution in [3.8, 4) is 39.8 Å². The first-order valence-electron chi connectivity index (χ1n) is 25.8. The summed E-state index contributed by atoms with van der Waals surface area (Å²) in [5, 5.41) is 9.01. The Morgan fingerprint density at radius 3 is 2.03 bits per heavy atom. The first-order chi connectivity index (χ1) is 35.3. The number of furan rings is 2. The highest BCUT2D eigenvalue weighted by Crippen LogP contribution is 2.55. The molecule has 0 spiro atoms. The van der Waals surface area contributed by atoms with E-state index in [-0.39, 0.29) is 23.0 Å². The van der Waals surface area contributed by atoms with Gasteiger partial charge in [0.15, 0.2) is 17.1 Å². The van der Waals surface area contributed by atoms with E-state index in [1.54, 1.807) is 0 Å². The lowest BCUT2D eigenvalue weighted by molar-refractivity contribution is 0.333. The molecule has 6 heterocycles. The summed E-state index contributed by atoms with van der Waals surface area (Å²) in [4.78, 5) is 0. The van der Waals surface area contributed by atoms with Gasteiger partial charge in [-0.05, 0) is 117 Å². The molecule has 16 rings (SSSR count). The molecule has 0 atom stereocenters. The van der Waals surface area contributed by atoms with Crippen LogP contribution in [0.1, 0.15) is 78.0 Å². The maximum absolute atomic E-state index is 7.82. The Kier molecular flexibility index (Phi) is 8.06. The molecule has 0 radical (unpaired) electrons. The average molecular weight is 964 g/mol. The van der Waals surface area contributed by atoms with Gasteiger partial charge in [0.2, 0.25) is 0 Å². The van der Waals surface area contributed by atoms with Gasteiger partial charge in [-0.3, -0.25) is 0 Å². The zero-order valence-electron chi connectivity index (χ0n) is 41.9. The third-order valence-electron chi connectivity index (χ3n) is 17.1. The number of hydrogen-bond acceptors (Lipinski definition) is 5. The van der Waals surface area contributed by atoms with Crippen LogP contribution in [-0.4, -0.2) is 11.3 Å². The third-order valence-corrected chi connectivity index (χ3v) is 18.3. The van der Waals surface area contributed by atoms with Crippen LogP contribution >= 0.6 is 11.3 Å². The normalized spacial score (nSPS) is 15.6. The van der Waals surface area contributed by atoms with E-state index in [0.29, 0.717) is 0 Å². The summed E-state index contributed by atoms with van der Waals surface area (Å²) in [7, 11) is 0. The summed E-state index contributed by atoms with van der Waals surface area (Å²) in [6.07, 6.45) is 2.23. The first-order valence-corrected chi connectivity index (χ1v) is 26.6. The van der Waals surface area contributed by atoms with E-state index in [1.807, 2.05) is 11.3 Å². The van der Waals surface area contributed by atoms with E-state index in [2.05, 4.69) is 205 Å². The molecule has 5 nitrogen and oxygen atoms in total. The van der Waals surface area contributed by atoms with E-state index in [9.17, 15) is 0 Å². The average Bonchev–Trinajstić information content (AvgIpc) is 4.18. The van der Waals surface area contributed by atoms with Gasteiger partial charge in [0.1, 0.15) is 28.2 Å². The minimum Gasteiger partial charge on any atom is -0.456 e. The van der Waals surface area contributed by atoms with E-state index < -0.39 is 0 Å². The molecule has 2 aliphatic heterocycles. The molecular weight excluding hydrogens is 914 g/mol. The molecule has 0 fully saturated rings. The Morgan fingerprint density at radius 2 is 1.22 bits per heavy atom. The Morgan fingerprint density at radius 1 is 0.548 bits per heavy atom. The van der Waals surface area contributed by atoms with Crippen LogP contribution in [0, 0.1) is 0 Å². The number of thiophene rings is 1. The highest BCUT2D eigenvalue weighted by Gasteiger charge is 2.48. The summed E-state index contributed by atoms with van der Waals surface area (Å²) in [6.45, 7) is 16.1. The summed E-state index contributed by atoms with van der Waals surface area (Å²) in [5.41, 5.74) is 15.8. The van der Waals surface area contributed by atoms with Crippen molar-refractivity contribution < 1.29 is 18.3 Å². The Balaban J connectivity index is 1.12. The van der Waals surface area contributed by atoms with Gasteiger partial charge in [0.25, 0.3) is 6.71 Å². The minimum absolute atomic E-state index is 0.0309. The zero-order chi connectivity index (χ0) is 49.0. The van der Waals surface area contributed by atoms with Gasteiger partial charge < -0.3 is 22.9 Å². The lowest BCUT2D eigenvalue weighted by atomic mass is 9.34. The molecule has 1 aliphatic carbocycles. The quantitative estimate of drug-likeness (QED) is 0.162. The number of hydrogen-bond donors (Lipinski definition) is 0. The predicted molar refractivity (Wildman–Crippen MR) is 305 cm³/mol. The SMILES string of the molecule is CC(C)(C)c1ccc2oc3c4c(c5sc6ccccc6c5c3c2c1)B1c2c(cc(-c3cccc5c3C(C)(C)CCC5(C)C)cc2Oc2c1c1oc3ccccc3c1c1c3ccccc3n(-c3ccccc3)c21)O4. The molecule has 0 unspecified atom stereocenters. The number of nitrogens with zero attached hydrogens (tertiary/aromatic N) is 1. The fraction of sp³-hybridized carbons (Fsp3) is 0.182. The van der Waals surface area contributed by atoms with Crippen LogP contribution in [0.2, 0.25) is 0 Å². The van der Waals surface area contributed by atoms with Crippen molar-refractivity contribution in [2.45, 2.75) is 77.6 Å². The van der Waals surface area contributed by atoms with Gasteiger partial charge in [-0.1, -0.05) is 146 Å². The van der Waals surface area contributed by atoms with Gasteiger partial charge >= 0.3 is 0 Å². The molecule has 7 heteroatoms. The van der Waals surface area contributed by atoms with Crippen molar-refractivity contribution in [3.63, 3.8) is 0 Å². The fourth-order valence-electron chi connectivity index (χ4n) is 13.5. The maximum atomic E-state index is 7.82. The summed E-state index contributed by atoms with van der Waals surface area (Å²) in [5.74, 6) is 3.10. The van der Waals surface area contributed by atoms with Gasteiger partial charge in [0, 0.05) is 69.1 Å². The highest BCUT2D eigenvalue weighted by molar-refractivity contribution is 7.28. The molecule has 4 aromatic heterocycles. The van der Waals surface area contributed by atoms with Crippen molar-refractivity contribution in [1.29, 1.82) is 0 Å². The smallest absolute Gasteiger partial charge is 0.267 e. The summed E-state index contributed by atoms with van der Waals surface area (Å²) < 4.78 is 34.9. The zero-order valence-corrected chi connectivity index (χ0v) is 42.7. The van der Waals surface area contributed by atoms with Crippen LogP contribution in [-0.2, 0) is 16.2 Å². The summed E-state index contributed by atoms with van der Waals surface area (Å²) in [6, 6.07) is 55.2. The molecule has 352 valence electrons. The monoisotopic (exact) mass is 963 g/mol. The Bertz CT molecular complexity index is 4610. The van der Waals surface area contributed by atoms with Crippen molar-refractivity contribution in [2.75, 3.05) is 0 Å². The number of fused-ring (bicyclic) bond motifs is 23. The predicted octanol–water partition coefficient (Wildman–Crippen LogP) is 17.0. The van der Waals surface area contributed by atoms with E-state index in [1.165, 1.54) is 42.4 Å². The van der Waals surface area contributed by atoms with Crippen molar-refractivity contribution in [2.24, 2.45) is 0 Å². The van der Waals surface area contributed by atoms with Gasteiger partial charge in [-0.2, -0.15) is 0 Å². The topological polar surface area (TPSA) is 49.7 Å². The van der Waals surface area contributed by atoms with Crippen LogP contribution < -0.4 is 25.9 Å². The molecule has 9 aromatic carbocycles. The molecule has 0 N–H and O–H groups in total. The number of aromatic nitrogens is 1. The van der Waals surface area contributed by atoms with Crippen LogP contribution in [0.25, 0.3) is 103 Å². The molecule has 0 saturated heterocycles. The van der Waals surface area contributed by atoms with E-state index in [4.69, 9.17) is 18.3 Å². The largest absolute Gasteiger partial charge is 0.456 e. The second kappa shape index (κ2) is 14.1. The highest BCUT2D eigenvalue weighted by atomic mass is 32.1. The molecule has 3 aliphatic rings. The molecular formula is C66H50BNO4S. The molecule has 0 amide bonds. The fourth-order valence-corrected chi connectivity index (χ4v) is 14.8. The van der Waals surface area contributed by atoms with Crippen LogP contribution in [0.3, 0.4) is 0 Å². The second-order valence-corrected chi connectivity index (χ2v) is 24.3. The van der Waals surface area contributed by atoms with Crippen LogP contribution in [0.4, 0.5) is 0 Å². The van der Waals surface area contributed by atoms with Gasteiger partial charge in [0.05, 0.1) is 11.0 Å². The van der Waals surface area contributed by atoms with E-state index >= 15 is 0 Å². The standard InChI is InChI=1S/C66H50BNO4S/c1-64(2,3)36-28-29-46-42(34-36)52-53-41-22-13-16-27-49(41)73-63(53)57-62(60(52)70-46)72-48-33-35(38-23-17-24-43-54(38)66(6,7)31-30-65(43,4)5)32-47-55(48)67(57)56-59-51(40-21-12-15-26-45(40)69-59)50-39-20-11-14-25-44(39)68(58(50)61(56)71-47)37-18-9-8-10-19-37/h8-29,32-34H,30-31H2,1-7H3. The number of para-hydroxylation sites is 3. The first kappa shape index (κ1) is 41.8. The van der Waals surface area contributed by atoms with Gasteiger partial charge in [-0.15, -0.1) is 11.3 Å². The molecule has 73 heavy (non-hydrogen) atoms. The lowest BCUT2D eigenvalue weighted by Gasteiger charge is -2.43. The van der Waals surface area contributed by atoms with E-state index in [0.717, 1.165) is 129 Å². The number of benzene rings is 9. The lowest BCUT2D eigenvalue weighted by Crippen LogP contribution is -2.57. The number of ether oxygens (including phenoxy) is 2. The Labute approximate surface area is 426 Å². The van der Waals surface area contributed by atoms with Crippen molar-refractivity contribution in [3.05, 3.63) is 168 Å². The van der Waals surface area contributed by atoms with Gasteiger partial charge in [-0.25, -0.2) is 0 Å². The molecule has 13 aromatic rings. The maximum Gasteiger partial charge on any atom is 0.267 e. The third kappa shape index (κ3) is 5.48. The summed E-state index contributed by atoms with van der Waals surface area (Å²) >= 11 is 1.85. The van der Waals surface area contributed by atoms with Crippen molar-refractivity contribution >= 4 is 120 Å². The number of rotatable bonds is 2. The second-order valence-electron chi connectivity index (χ2n) is 23.3. The Hall–Kier alpha value is -7.74. The minimum atomic E-state index is -0.375. The molecule has 0 saturated carbocycles.